The lowest BCUT2D eigenvalue weighted by atomic mass is 9.88. The van der Waals surface area contributed by atoms with Crippen LogP contribution in [-0.4, -0.2) is 29.8 Å². The normalized spacial score (nSPS) is 16.3. The molecule has 0 bridgehead atoms. The van der Waals surface area contributed by atoms with Crippen LogP contribution in [0.3, 0.4) is 0 Å². The third kappa shape index (κ3) is 3.49. The van der Waals surface area contributed by atoms with Crippen LogP contribution in [-0.2, 0) is 4.79 Å². The molecule has 120 valence electrons. The molecule has 4 heteroatoms. The van der Waals surface area contributed by atoms with Gasteiger partial charge in [0, 0.05) is 29.8 Å². The van der Waals surface area contributed by atoms with Crippen LogP contribution in [0.4, 0.5) is 5.69 Å². The van der Waals surface area contributed by atoms with E-state index in [1.165, 1.54) is 0 Å². The Labute approximate surface area is 132 Å². The quantitative estimate of drug-likeness (QED) is 0.902. The van der Waals surface area contributed by atoms with Gasteiger partial charge in [-0.3, -0.25) is 9.59 Å². The molecule has 4 nitrogen and oxygen atoms in total. The summed E-state index contributed by atoms with van der Waals surface area (Å²) in [5, 5.41) is 2.98. The van der Waals surface area contributed by atoms with Crippen LogP contribution in [0.15, 0.2) is 24.3 Å². The van der Waals surface area contributed by atoms with Crippen LogP contribution in [0.5, 0.6) is 0 Å². The average molecular weight is 302 g/mol. The molecule has 0 atom stereocenters. The number of carbonyl (C=O) groups is 2. The van der Waals surface area contributed by atoms with Crippen molar-refractivity contribution in [1.29, 1.82) is 0 Å². The zero-order chi connectivity index (χ0) is 16.2. The first-order valence-electron chi connectivity index (χ1n) is 8.21. The summed E-state index contributed by atoms with van der Waals surface area (Å²) >= 11 is 0. The molecule has 1 fully saturated rings. The van der Waals surface area contributed by atoms with Gasteiger partial charge in [0.25, 0.3) is 5.91 Å². The highest BCUT2D eigenvalue weighted by molar-refractivity contribution is 5.97. The Morgan fingerprint density at radius 1 is 1.09 bits per heavy atom. The molecule has 1 aliphatic rings. The Kier molecular flexibility index (Phi) is 5.22. The van der Waals surface area contributed by atoms with Crippen LogP contribution >= 0.6 is 0 Å². The van der Waals surface area contributed by atoms with Crippen LogP contribution in [0.25, 0.3) is 0 Å². The van der Waals surface area contributed by atoms with E-state index in [0.29, 0.717) is 18.7 Å². The van der Waals surface area contributed by atoms with E-state index in [2.05, 4.69) is 5.32 Å². The molecule has 22 heavy (non-hydrogen) atoms. The highest BCUT2D eigenvalue weighted by Crippen LogP contribution is 2.38. The predicted molar refractivity (Wildman–Crippen MR) is 88.9 cm³/mol. The van der Waals surface area contributed by atoms with Crippen molar-refractivity contribution in [3.63, 3.8) is 0 Å². The summed E-state index contributed by atoms with van der Waals surface area (Å²) < 4.78 is 0. The summed E-state index contributed by atoms with van der Waals surface area (Å²) in [6.07, 6.45) is 4.16. The third-order valence-electron chi connectivity index (χ3n) is 4.70. The first kappa shape index (κ1) is 16.5. The molecule has 1 aromatic carbocycles. The Bertz CT molecular complexity index is 527. The van der Waals surface area contributed by atoms with E-state index in [1.807, 2.05) is 32.9 Å². The molecule has 1 N–H and O–H groups in total. The lowest BCUT2D eigenvalue weighted by Gasteiger charge is -2.22. The third-order valence-corrected chi connectivity index (χ3v) is 4.70. The molecule has 1 aliphatic carbocycles. The summed E-state index contributed by atoms with van der Waals surface area (Å²) in [6, 6.07) is 7.19. The van der Waals surface area contributed by atoms with E-state index in [1.54, 1.807) is 17.0 Å². The smallest absolute Gasteiger partial charge is 0.253 e. The molecule has 1 saturated carbocycles. The van der Waals surface area contributed by atoms with Gasteiger partial charge in [0.1, 0.15) is 0 Å². The molecule has 2 rings (SSSR count). The molecule has 0 spiro atoms. The molecule has 0 unspecified atom stereocenters. The number of anilines is 1. The first-order valence-corrected chi connectivity index (χ1v) is 8.21. The van der Waals surface area contributed by atoms with E-state index >= 15 is 0 Å². The SMILES string of the molecule is CCN(CC)C(=O)c1ccc(NC(=O)C2(C)CCCC2)cc1. The number of nitrogens with zero attached hydrogens (tertiary/aromatic N) is 1. The van der Waals surface area contributed by atoms with Crippen molar-refractivity contribution in [2.45, 2.75) is 46.5 Å². The van der Waals surface area contributed by atoms with Gasteiger partial charge < -0.3 is 10.2 Å². The summed E-state index contributed by atoms with van der Waals surface area (Å²) in [5.74, 6) is 0.124. The van der Waals surface area contributed by atoms with Crippen molar-refractivity contribution in [3.05, 3.63) is 29.8 Å². The topological polar surface area (TPSA) is 49.4 Å². The summed E-state index contributed by atoms with van der Waals surface area (Å²) in [4.78, 5) is 26.4. The standard InChI is InChI=1S/C18H26N2O2/c1-4-20(5-2)16(21)14-8-10-15(11-9-14)19-17(22)18(3)12-6-7-13-18/h8-11H,4-7,12-13H2,1-3H3,(H,19,22). The van der Waals surface area contributed by atoms with Gasteiger partial charge in [-0.25, -0.2) is 0 Å². The van der Waals surface area contributed by atoms with Gasteiger partial charge in [0.05, 0.1) is 0 Å². The van der Waals surface area contributed by atoms with Crippen molar-refractivity contribution < 1.29 is 9.59 Å². The van der Waals surface area contributed by atoms with E-state index in [0.717, 1.165) is 31.4 Å². The largest absolute Gasteiger partial charge is 0.339 e. The van der Waals surface area contributed by atoms with E-state index < -0.39 is 0 Å². The van der Waals surface area contributed by atoms with Crippen LogP contribution in [0.2, 0.25) is 0 Å². The van der Waals surface area contributed by atoms with Gasteiger partial charge >= 0.3 is 0 Å². The molecule has 1 aromatic rings. The monoisotopic (exact) mass is 302 g/mol. The molecule has 2 amide bonds. The maximum absolute atomic E-state index is 12.4. The molecule has 0 heterocycles. The lowest BCUT2D eigenvalue weighted by Crippen LogP contribution is -2.31. The minimum atomic E-state index is -0.240. The van der Waals surface area contributed by atoms with Crippen LogP contribution in [0.1, 0.15) is 56.8 Å². The molecule has 0 saturated heterocycles. The fraction of sp³-hybridized carbons (Fsp3) is 0.556. The number of hydrogen-bond acceptors (Lipinski definition) is 2. The second kappa shape index (κ2) is 6.95. The highest BCUT2D eigenvalue weighted by atomic mass is 16.2. The van der Waals surface area contributed by atoms with Gasteiger partial charge in [-0.1, -0.05) is 19.8 Å². The van der Waals surface area contributed by atoms with Gasteiger partial charge in [-0.15, -0.1) is 0 Å². The Morgan fingerprint density at radius 2 is 1.64 bits per heavy atom. The van der Waals surface area contributed by atoms with Gasteiger partial charge in [-0.05, 0) is 51.0 Å². The maximum atomic E-state index is 12.4. The van der Waals surface area contributed by atoms with Gasteiger partial charge in [-0.2, -0.15) is 0 Å². The zero-order valence-corrected chi connectivity index (χ0v) is 13.8. The van der Waals surface area contributed by atoms with Crippen molar-refractivity contribution >= 4 is 17.5 Å². The highest BCUT2D eigenvalue weighted by Gasteiger charge is 2.36. The Balaban J connectivity index is 2.03. The fourth-order valence-electron chi connectivity index (χ4n) is 3.05. The average Bonchev–Trinajstić information content (AvgIpc) is 2.97. The van der Waals surface area contributed by atoms with E-state index in [4.69, 9.17) is 0 Å². The Morgan fingerprint density at radius 3 is 2.14 bits per heavy atom. The number of carbonyl (C=O) groups excluding carboxylic acids is 2. The van der Waals surface area contributed by atoms with Crippen LogP contribution < -0.4 is 5.32 Å². The van der Waals surface area contributed by atoms with Gasteiger partial charge in [0.15, 0.2) is 0 Å². The van der Waals surface area contributed by atoms with Crippen molar-refractivity contribution in [3.8, 4) is 0 Å². The lowest BCUT2D eigenvalue weighted by molar-refractivity contribution is -0.124. The van der Waals surface area contributed by atoms with E-state index in [9.17, 15) is 9.59 Å². The fourth-order valence-corrected chi connectivity index (χ4v) is 3.05. The van der Waals surface area contributed by atoms with Crippen LogP contribution in [0, 0.1) is 5.41 Å². The minimum absolute atomic E-state index is 0.0330. The van der Waals surface area contributed by atoms with E-state index in [-0.39, 0.29) is 17.2 Å². The summed E-state index contributed by atoms with van der Waals surface area (Å²) in [6.45, 7) is 7.38. The predicted octanol–water partition coefficient (Wildman–Crippen LogP) is 3.69. The Hall–Kier alpha value is -1.84. The maximum Gasteiger partial charge on any atom is 0.253 e. The van der Waals surface area contributed by atoms with Gasteiger partial charge in [0.2, 0.25) is 5.91 Å². The number of hydrogen-bond donors (Lipinski definition) is 1. The molecule has 0 radical (unpaired) electrons. The minimum Gasteiger partial charge on any atom is -0.339 e. The second-order valence-corrected chi connectivity index (χ2v) is 6.28. The zero-order valence-electron chi connectivity index (χ0n) is 13.8. The number of amides is 2. The molecular formula is C18H26N2O2. The first-order chi connectivity index (χ1) is 10.5. The summed E-state index contributed by atoms with van der Waals surface area (Å²) in [5.41, 5.74) is 1.18. The molecule has 0 aromatic heterocycles. The van der Waals surface area contributed by atoms with Crippen molar-refractivity contribution in [1.82, 2.24) is 4.90 Å². The molecular weight excluding hydrogens is 276 g/mol. The number of benzene rings is 1. The van der Waals surface area contributed by atoms with Crippen molar-refractivity contribution in [2.75, 3.05) is 18.4 Å². The molecule has 0 aliphatic heterocycles. The second-order valence-electron chi connectivity index (χ2n) is 6.28. The van der Waals surface area contributed by atoms with Crippen molar-refractivity contribution in [2.24, 2.45) is 5.41 Å². The number of rotatable bonds is 5. The number of nitrogens with one attached hydrogen (secondary N) is 1. The summed E-state index contributed by atoms with van der Waals surface area (Å²) in [7, 11) is 0.